The van der Waals surface area contributed by atoms with Gasteiger partial charge in [0, 0.05) is 7.11 Å². The molecule has 2 rings (SSSR count). The molecule has 0 aliphatic rings. The highest BCUT2D eigenvalue weighted by Gasteiger charge is 2.21. The summed E-state index contributed by atoms with van der Waals surface area (Å²) >= 11 is 0. The first-order valence-corrected chi connectivity index (χ1v) is 8.22. The van der Waals surface area contributed by atoms with E-state index in [0.29, 0.717) is 19.8 Å². The Balaban J connectivity index is 1.81. The maximum atomic E-state index is 10.6. The van der Waals surface area contributed by atoms with Crippen molar-refractivity contribution >= 4 is 6.08 Å². The van der Waals surface area contributed by atoms with E-state index in [2.05, 4.69) is 36.4 Å². The van der Waals surface area contributed by atoms with Crippen molar-refractivity contribution in [3.05, 3.63) is 77.4 Å². The van der Waals surface area contributed by atoms with Crippen molar-refractivity contribution in [3.8, 4) is 0 Å². The Labute approximate surface area is 144 Å². The highest BCUT2D eigenvalue weighted by atomic mass is 16.7. The third-order valence-electron chi connectivity index (χ3n) is 3.95. The van der Waals surface area contributed by atoms with Crippen molar-refractivity contribution in [1.29, 1.82) is 0 Å². The highest BCUT2D eigenvalue weighted by Crippen LogP contribution is 2.25. The first kappa shape index (κ1) is 18.4. The normalized spacial score (nSPS) is 14.0. The van der Waals surface area contributed by atoms with Crippen molar-refractivity contribution < 1.29 is 14.6 Å². The molecule has 0 aromatic heterocycles. The molecule has 3 heteroatoms. The van der Waals surface area contributed by atoms with Gasteiger partial charge in [0.05, 0.1) is 12.2 Å². The molecule has 0 saturated heterocycles. The van der Waals surface area contributed by atoms with E-state index in [0.717, 1.165) is 23.1 Å². The first-order chi connectivity index (χ1) is 11.6. The van der Waals surface area contributed by atoms with Gasteiger partial charge >= 0.3 is 0 Å². The fraction of sp³-hybridized carbons (Fsp3) is 0.333. The van der Waals surface area contributed by atoms with Gasteiger partial charge < -0.3 is 14.6 Å². The molecular formula is C21H26O3. The molecule has 0 bridgehead atoms. The first-order valence-electron chi connectivity index (χ1n) is 8.22. The fourth-order valence-electron chi connectivity index (χ4n) is 2.49. The molecule has 0 aliphatic carbocycles. The standard InChI is InChI=1S/C21H26O3/c1-21(22,20-9-4-3-5-10-20)15-7-6-8-18-11-13-19(14-12-18)16-24-17-23-2/h3-6,8-14,22H,7,15-17H2,1-2H3/b8-6+/t21-/m0/s1. The SMILES string of the molecule is COCOCc1ccc(/C=C/CC[C@](C)(O)c2ccccc2)cc1. The van der Waals surface area contributed by atoms with Gasteiger partial charge in [-0.3, -0.25) is 0 Å². The zero-order valence-electron chi connectivity index (χ0n) is 14.4. The van der Waals surface area contributed by atoms with Gasteiger partial charge in [-0.1, -0.05) is 66.7 Å². The van der Waals surface area contributed by atoms with Crippen LogP contribution in [0.25, 0.3) is 6.08 Å². The Kier molecular flexibility index (Phi) is 7.19. The molecule has 0 fully saturated rings. The topological polar surface area (TPSA) is 38.7 Å². The third kappa shape index (κ3) is 5.93. The maximum Gasteiger partial charge on any atom is 0.146 e. The molecule has 0 heterocycles. The average molecular weight is 326 g/mol. The summed E-state index contributed by atoms with van der Waals surface area (Å²) in [6.45, 7) is 2.73. The van der Waals surface area contributed by atoms with Gasteiger partial charge in [0.15, 0.2) is 0 Å². The van der Waals surface area contributed by atoms with Crippen LogP contribution in [-0.4, -0.2) is 19.0 Å². The van der Waals surface area contributed by atoms with Gasteiger partial charge in [0.1, 0.15) is 6.79 Å². The molecule has 0 unspecified atom stereocenters. The molecular weight excluding hydrogens is 300 g/mol. The van der Waals surface area contributed by atoms with Gasteiger partial charge in [0.2, 0.25) is 0 Å². The molecule has 0 saturated carbocycles. The molecule has 0 radical (unpaired) electrons. The molecule has 0 amide bonds. The lowest BCUT2D eigenvalue weighted by Crippen LogP contribution is -2.20. The Hall–Kier alpha value is -1.94. The molecule has 0 spiro atoms. The Morgan fingerprint density at radius 2 is 1.75 bits per heavy atom. The van der Waals surface area contributed by atoms with Crippen LogP contribution in [0.5, 0.6) is 0 Å². The molecule has 128 valence electrons. The summed E-state index contributed by atoms with van der Waals surface area (Å²) in [7, 11) is 1.61. The van der Waals surface area contributed by atoms with E-state index in [9.17, 15) is 5.11 Å². The van der Waals surface area contributed by atoms with Gasteiger partial charge in [-0.15, -0.1) is 0 Å². The van der Waals surface area contributed by atoms with Crippen LogP contribution in [0.2, 0.25) is 0 Å². The quantitative estimate of drug-likeness (QED) is 0.544. The van der Waals surface area contributed by atoms with Crippen LogP contribution in [0.15, 0.2) is 60.7 Å². The zero-order chi connectivity index (χ0) is 17.3. The van der Waals surface area contributed by atoms with Crippen molar-refractivity contribution in [3.63, 3.8) is 0 Å². The summed E-state index contributed by atoms with van der Waals surface area (Å²) in [5.74, 6) is 0. The largest absolute Gasteiger partial charge is 0.385 e. The maximum absolute atomic E-state index is 10.6. The van der Waals surface area contributed by atoms with E-state index in [4.69, 9.17) is 9.47 Å². The Morgan fingerprint density at radius 1 is 1.04 bits per heavy atom. The van der Waals surface area contributed by atoms with Crippen LogP contribution in [0.4, 0.5) is 0 Å². The minimum absolute atomic E-state index is 0.309. The van der Waals surface area contributed by atoms with E-state index in [-0.39, 0.29) is 0 Å². The second kappa shape index (κ2) is 9.38. The van der Waals surface area contributed by atoms with E-state index in [1.807, 2.05) is 37.3 Å². The average Bonchev–Trinajstić information content (AvgIpc) is 2.61. The number of allylic oxidation sites excluding steroid dienone is 1. The lowest BCUT2D eigenvalue weighted by molar-refractivity contribution is -0.0390. The highest BCUT2D eigenvalue weighted by molar-refractivity contribution is 5.49. The van der Waals surface area contributed by atoms with E-state index >= 15 is 0 Å². The van der Waals surface area contributed by atoms with E-state index in [1.54, 1.807) is 7.11 Å². The molecule has 2 aromatic carbocycles. The smallest absolute Gasteiger partial charge is 0.146 e. The van der Waals surface area contributed by atoms with Crippen molar-refractivity contribution in [2.45, 2.75) is 32.0 Å². The van der Waals surface area contributed by atoms with Crippen molar-refractivity contribution in [1.82, 2.24) is 0 Å². The lowest BCUT2D eigenvalue weighted by atomic mass is 9.91. The second-order valence-corrected chi connectivity index (χ2v) is 6.08. The summed E-state index contributed by atoms with van der Waals surface area (Å²) in [4.78, 5) is 0. The number of aliphatic hydroxyl groups is 1. The molecule has 0 aliphatic heterocycles. The number of hydrogen-bond acceptors (Lipinski definition) is 3. The van der Waals surface area contributed by atoms with Gasteiger partial charge in [-0.2, -0.15) is 0 Å². The minimum atomic E-state index is -0.797. The summed E-state index contributed by atoms with van der Waals surface area (Å²) in [6, 6.07) is 18.0. The van der Waals surface area contributed by atoms with Crippen LogP contribution < -0.4 is 0 Å². The number of methoxy groups -OCH3 is 1. The number of benzene rings is 2. The van der Waals surface area contributed by atoms with Gasteiger partial charge in [0.25, 0.3) is 0 Å². The summed E-state index contributed by atoms with van der Waals surface area (Å²) in [5, 5.41) is 10.6. The monoisotopic (exact) mass is 326 g/mol. The molecule has 1 N–H and O–H groups in total. The minimum Gasteiger partial charge on any atom is -0.385 e. The van der Waals surface area contributed by atoms with Crippen molar-refractivity contribution in [2.75, 3.05) is 13.9 Å². The predicted octanol–water partition coefficient (Wildman–Crippen LogP) is 4.51. The fourth-order valence-corrected chi connectivity index (χ4v) is 2.49. The molecule has 1 atom stereocenters. The predicted molar refractivity (Wildman–Crippen MR) is 97.4 cm³/mol. The van der Waals surface area contributed by atoms with Crippen LogP contribution in [-0.2, 0) is 21.7 Å². The zero-order valence-corrected chi connectivity index (χ0v) is 14.4. The molecule has 24 heavy (non-hydrogen) atoms. The van der Waals surface area contributed by atoms with Crippen molar-refractivity contribution in [2.24, 2.45) is 0 Å². The molecule has 2 aromatic rings. The Bertz CT molecular complexity index is 615. The van der Waals surface area contributed by atoms with Gasteiger partial charge in [-0.05, 0) is 36.5 Å². The molecule has 3 nitrogen and oxygen atoms in total. The van der Waals surface area contributed by atoms with Gasteiger partial charge in [-0.25, -0.2) is 0 Å². The number of hydrogen-bond donors (Lipinski definition) is 1. The van der Waals surface area contributed by atoms with Crippen LogP contribution in [0.3, 0.4) is 0 Å². The van der Waals surface area contributed by atoms with Crippen LogP contribution in [0.1, 0.15) is 36.5 Å². The lowest BCUT2D eigenvalue weighted by Gasteiger charge is -2.23. The summed E-state index contributed by atoms with van der Waals surface area (Å²) < 4.78 is 10.2. The number of rotatable bonds is 9. The van der Waals surface area contributed by atoms with E-state index in [1.165, 1.54) is 0 Å². The van der Waals surface area contributed by atoms with Crippen LogP contribution in [0, 0.1) is 0 Å². The summed E-state index contributed by atoms with van der Waals surface area (Å²) in [6.07, 6.45) is 5.70. The second-order valence-electron chi connectivity index (χ2n) is 6.08. The summed E-state index contributed by atoms with van der Waals surface area (Å²) in [5.41, 5.74) is 2.42. The van der Waals surface area contributed by atoms with Crippen LogP contribution >= 0.6 is 0 Å². The van der Waals surface area contributed by atoms with E-state index < -0.39 is 5.60 Å². The third-order valence-corrected chi connectivity index (χ3v) is 3.95. The number of ether oxygens (including phenoxy) is 2. The Morgan fingerprint density at radius 3 is 2.42 bits per heavy atom.